The van der Waals surface area contributed by atoms with Crippen LogP contribution in [0.2, 0.25) is 0 Å². The van der Waals surface area contributed by atoms with Crippen LogP contribution in [0.1, 0.15) is 45.4 Å². The first-order valence-corrected chi connectivity index (χ1v) is 9.21. The molecule has 0 unspecified atom stereocenters. The summed E-state index contributed by atoms with van der Waals surface area (Å²) in [7, 11) is 0. The average Bonchev–Trinajstić information content (AvgIpc) is 2.67. The summed E-state index contributed by atoms with van der Waals surface area (Å²) in [6.07, 6.45) is 4.30. The maximum atomic E-state index is 11.9. The Balaban J connectivity index is 1.70. The zero-order valence-corrected chi connectivity index (χ0v) is 15.3. The predicted molar refractivity (Wildman–Crippen MR) is 102 cm³/mol. The molecule has 0 N–H and O–H groups in total. The van der Waals surface area contributed by atoms with Gasteiger partial charge in [-0.2, -0.15) is 0 Å². The third-order valence-corrected chi connectivity index (χ3v) is 3.99. The van der Waals surface area contributed by atoms with Crippen molar-refractivity contribution >= 4 is 11.9 Å². The summed E-state index contributed by atoms with van der Waals surface area (Å²) in [5.41, 5.74) is 2.16. The minimum Gasteiger partial charge on any atom is -0.466 e. The Morgan fingerprint density at radius 2 is 1.42 bits per heavy atom. The van der Waals surface area contributed by atoms with Gasteiger partial charge in [0, 0.05) is 0 Å². The first-order chi connectivity index (χ1) is 12.7. The summed E-state index contributed by atoms with van der Waals surface area (Å²) in [5.74, 6) is -0.305. The van der Waals surface area contributed by atoms with E-state index in [0.717, 1.165) is 36.8 Å². The quantitative estimate of drug-likeness (QED) is 0.336. The van der Waals surface area contributed by atoms with Crippen molar-refractivity contribution in [1.82, 2.24) is 0 Å². The zero-order chi connectivity index (χ0) is 18.6. The predicted octanol–water partition coefficient (Wildman–Crippen LogP) is 5.16. The second kappa shape index (κ2) is 11.1. The largest absolute Gasteiger partial charge is 0.466 e. The molecule has 2 aromatic rings. The van der Waals surface area contributed by atoms with Crippen LogP contribution in [0.25, 0.3) is 11.1 Å². The second-order valence-corrected chi connectivity index (χ2v) is 6.15. The van der Waals surface area contributed by atoms with E-state index in [9.17, 15) is 9.59 Å². The van der Waals surface area contributed by atoms with Crippen LogP contribution in [0.5, 0.6) is 5.75 Å². The molecule has 2 rings (SSSR count). The van der Waals surface area contributed by atoms with Crippen LogP contribution in [-0.2, 0) is 14.3 Å². The van der Waals surface area contributed by atoms with Gasteiger partial charge >= 0.3 is 11.9 Å². The highest BCUT2D eigenvalue weighted by molar-refractivity contribution is 5.79. The number of ether oxygens (including phenoxy) is 2. The van der Waals surface area contributed by atoms with Gasteiger partial charge in [-0.05, 0) is 29.7 Å². The number of hydrogen-bond donors (Lipinski definition) is 0. The molecule has 0 saturated carbocycles. The molecule has 0 amide bonds. The van der Waals surface area contributed by atoms with Gasteiger partial charge in [0.2, 0.25) is 0 Å². The number of carbonyl (C=O) groups excluding carboxylic acids is 2. The van der Waals surface area contributed by atoms with Crippen LogP contribution in [0.15, 0.2) is 54.6 Å². The van der Waals surface area contributed by atoms with Crippen LogP contribution >= 0.6 is 0 Å². The summed E-state index contributed by atoms with van der Waals surface area (Å²) in [4.78, 5) is 23.5. The van der Waals surface area contributed by atoms with Crippen molar-refractivity contribution in [1.29, 1.82) is 0 Å². The van der Waals surface area contributed by atoms with Crippen LogP contribution in [0.3, 0.4) is 0 Å². The van der Waals surface area contributed by atoms with Gasteiger partial charge in [-0.3, -0.25) is 9.59 Å². The standard InChI is InChI=1S/C22H26O4/c1-2-3-4-8-17-25-21(23)15-16-22(24)26-20-13-11-19(12-14-20)18-9-6-5-7-10-18/h5-7,9-14H,2-4,8,15-17H2,1H3. The molecule has 4 nitrogen and oxygen atoms in total. The van der Waals surface area contributed by atoms with Crippen LogP contribution in [0.4, 0.5) is 0 Å². The molecule has 0 heterocycles. The maximum Gasteiger partial charge on any atom is 0.311 e. The Kier molecular flexibility index (Phi) is 8.40. The summed E-state index contributed by atoms with van der Waals surface area (Å²) in [5, 5.41) is 0. The molecule has 0 spiro atoms. The molecule has 0 saturated heterocycles. The Morgan fingerprint density at radius 1 is 0.769 bits per heavy atom. The van der Waals surface area contributed by atoms with Gasteiger partial charge in [0.05, 0.1) is 19.4 Å². The molecule has 0 aliphatic carbocycles. The zero-order valence-electron chi connectivity index (χ0n) is 15.3. The number of carbonyl (C=O) groups is 2. The summed E-state index contributed by atoms with van der Waals surface area (Å²) in [6.45, 7) is 2.56. The lowest BCUT2D eigenvalue weighted by atomic mass is 10.1. The van der Waals surface area contributed by atoms with E-state index in [1.807, 2.05) is 42.5 Å². The van der Waals surface area contributed by atoms with E-state index in [2.05, 4.69) is 6.92 Å². The van der Waals surface area contributed by atoms with Gasteiger partial charge in [-0.25, -0.2) is 0 Å². The highest BCUT2D eigenvalue weighted by Crippen LogP contribution is 2.22. The van der Waals surface area contributed by atoms with Crippen molar-refractivity contribution in [3.05, 3.63) is 54.6 Å². The molecule has 0 fully saturated rings. The number of benzene rings is 2. The lowest BCUT2D eigenvalue weighted by Gasteiger charge is -2.07. The third-order valence-electron chi connectivity index (χ3n) is 3.99. The van der Waals surface area contributed by atoms with Crippen LogP contribution in [0, 0.1) is 0 Å². The number of unbranched alkanes of at least 4 members (excludes halogenated alkanes) is 3. The number of rotatable bonds is 10. The molecule has 0 aromatic heterocycles. The van der Waals surface area contributed by atoms with E-state index in [0.29, 0.717) is 12.4 Å². The molecule has 4 heteroatoms. The maximum absolute atomic E-state index is 11.9. The van der Waals surface area contributed by atoms with Crippen molar-refractivity contribution in [3.63, 3.8) is 0 Å². The lowest BCUT2D eigenvalue weighted by Crippen LogP contribution is -2.12. The molecule has 0 atom stereocenters. The minimum atomic E-state index is -0.430. The molecule has 0 radical (unpaired) electrons. The second-order valence-electron chi connectivity index (χ2n) is 6.15. The van der Waals surface area contributed by atoms with Crippen LogP contribution in [-0.4, -0.2) is 18.5 Å². The van der Waals surface area contributed by atoms with E-state index in [-0.39, 0.29) is 18.8 Å². The van der Waals surface area contributed by atoms with E-state index in [1.54, 1.807) is 12.1 Å². The van der Waals surface area contributed by atoms with Gasteiger partial charge in [0.25, 0.3) is 0 Å². The van der Waals surface area contributed by atoms with E-state index >= 15 is 0 Å². The Bertz CT molecular complexity index is 677. The first kappa shape index (κ1) is 19.7. The van der Waals surface area contributed by atoms with Gasteiger partial charge in [0.1, 0.15) is 5.75 Å². The summed E-state index contributed by atoms with van der Waals surface area (Å²) < 4.78 is 10.4. The Morgan fingerprint density at radius 3 is 2.12 bits per heavy atom. The SMILES string of the molecule is CCCCCCOC(=O)CCC(=O)Oc1ccc(-c2ccccc2)cc1. The highest BCUT2D eigenvalue weighted by atomic mass is 16.5. The van der Waals surface area contributed by atoms with Gasteiger partial charge in [-0.1, -0.05) is 68.7 Å². The minimum absolute atomic E-state index is 0.0221. The van der Waals surface area contributed by atoms with Crippen molar-refractivity contribution in [2.75, 3.05) is 6.61 Å². The fraction of sp³-hybridized carbons (Fsp3) is 0.364. The van der Waals surface area contributed by atoms with E-state index in [1.165, 1.54) is 0 Å². The van der Waals surface area contributed by atoms with Gasteiger partial charge in [-0.15, -0.1) is 0 Å². The lowest BCUT2D eigenvalue weighted by molar-refractivity contribution is -0.147. The summed E-state index contributed by atoms with van der Waals surface area (Å²) >= 11 is 0. The monoisotopic (exact) mass is 354 g/mol. The number of hydrogen-bond acceptors (Lipinski definition) is 4. The number of esters is 2. The first-order valence-electron chi connectivity index (χ1n) is 9.21. The smallest absolute Gasteiger partial charge is 0.311 e. The molecular formula is C22H26O4. The summed E-state index contributed by atoms with van der Waals surface area (Å²) in [6, 6.07) is 17.3. The molecule has 26 heavy (non-hydrogen) atoms. The molecule has 138 valence electrons. The van der Waals surface area contributed by atoms with E-state index in [4.69, 9.17) is 9.47 Å². The molecule has 2 aromatic carbocycles. The average molecular weight is 354 g/mol. The topological polar surface area (TPSA) is 52.6 Å². The van der Waals surface area contributed by atoms with Gasteiger partial charge < -0.3 is 9.47 Å². The van der Waals surface area contributed by atoms with Crippen molar-refractivity contribution < 1.29 is 19.1 Å². The van der Waals surface area contributed by atoms with Gasteiger partial charge in [0.15, 0.2) is 0 Å². The molecule has 0 aliphatic rings. The van der Waals surface area contributed by atoms with Crippen LogP contribution < -0.4 is 4.74 Å². The fourth-order valence-electron chi connectivity index (χ4n) is 2.52. The normalized spacial score (nSPS) is 10.3. The Labute approximate surface area is 155 Å². The molecular weight excluding hydrogens is 328 g/mol. The Hall–Kier alpha value is -2.62. The van der Waals surface area contributed by atoms with Crippen molar-refractivity contribution in [3.8, 4) is 16.9 Å². The molecule has 0 aliphatic heterocycles. The molecule has 0 bridgehead atoms. The van der Waals surface area contributed by atoms with E-state index < -0.39 is 5.97 Å². The fourth-order valence-corrected chi connectivity index (χ4v) is 2.52. The van der Waals surface area contributed by atoms with Crippen molar-refractivity contribution in [2.24, 2.45) is 0 Å². The third kappa shape index (κ3) is 7.09. The highest BCUT2D eigenvalue weighted by Gasteiger charge is 2.10. The van der Waals surface area contributed by atoms with Crippen molar-refractivity contribution in [2.45, 2.75) is 45.4 Å².